The summed E-state index contributed by atoms with van der Waals surface area (Å²) < 4.78 is 0. The number of benzene rings is 2. The number of hydrogen-bond acceptors (Lipinski definition) is 2. The molecule has 3 nitrogen and oxygen atoms in total. The molecule has 4 rings (SSSR count). The van der Waals surface area contributed by atoms with Crippen molar-refractivity contribution >= 4 is 5.91 Å². The molecule has 2 aromatic carbocycles. The first-order valence-corrected chi connectivity index (χ1v) is 8.41. The molecule has 0 spiro atoms. The predicted molar refractivity (Wildman–Crippen MR) is 90.4 cm³/mol. The van der Waals surface area contributed by atoms with E-state index in [1.54, 1.807) is 0 Å². The lowest BCUT2D eigenvalue weighted by molar-refractivity contribution is 0.0867. The summed E-state index contributed by atoms with van der Waals surface area (Å²) in [5, 5.41) is 12.7. The molecule has 1 amide bonds. The van der Waals surface area contributed by atoms with Crippen LogP contribution in [0.3, 0.4) is 0 Å². The number of rotatable bonds is 2. The molecule has 2 N–H and O–H groups in total. The first kappa shape index (κ1) is 14.5. The van der Waals surface area contributed by atoms with Gasteiger partial charge in [-0.15, -0.1) is 0 Å². The highest BCUT2D eigenvalue weighted by atomic mass is 16.3. The van der Waals surface area contributed by atoms with E-state index >= 15 is 0 Å². The van der Waals surface area contributed by atoms with Crippen molar-refractivity contribution in [3.63, 3.8) is 0 Å². The Morgan fingerprint density at radius 1 is 0.957 bits per heavy atom. The smallest absolute Gasteiger partial charge is 0.251 e. The van der Waals surface area contributed by atoms with Gasteiger partial charge in [-0.05, 0) is 66.5 Å². The van der Waals surface area contributed by atoms with Crippen molar-refractivity contribution in [3.05, 3.63) is 59.2 Å². The van der Waals surface area contributed by atoms with Crippen LogP contribution in [-0.4, -0.2) is 23.2 Å². The molecule has 0 heterocycles. The lowest BCUT2D eigenvalue weighted by atomic mass is 9.93. The lowest BCUT2D eigenvalue weighted by Crippen LogP contribution is -2.38. The Morgan fingerprint density at radius 3 is 2.52 bits per heavy atom. The van der Waals surface area contributed by atoms with Crippen molar-refractivity contribution in [2.75, 3.05) is 0 Å². The first-order chi connectivity index (χ1) is 11.2. The standard InChI is InChI=1S/C20H21NO2/c22-17-8-6-16(7-9-17)21-20(23)14-5-10-19-15(12-14)11-13-3-1-2-4-18(13)19/h1-5,10,12,16-17,22H,6-9,11H2,(H,21,23). The third kappa shape index (κ3) is 2.77. The van der Waals surface area contributed by atoms with Crippen LogP contribution in [-0.2, 0) is 6.42 Å². The summed E-state index contributed by atoms with van der Waals surface area (Å²) in [4.78, 5) is 12.5. The molecule has 3 heteroatoms. The summed E-state index contributed by atoms with van der Waals surface area (Å²) in [6.45, 7) is 0. The molecule has 1 saturated carbocycles. The van der Waals surface area contributed by atoms with E-state index in [9.17, 15) is 9.90 Å². The summed E-state index contributed by atoms with van der Waals surface area (Å²) in [6, 6.07) is 14.6. The Labute approximate surface area is 136 Å². The number of carbonyl (C=O) groups is 1. The lowest BCUT2D eigenvalue weighted by Gasteiger charge is -2.26. The minimum Gasteiger partial charge on any atom is -0.393 e. The highest BCUT2D eigenvalue weighted by molar-refractivity contribution is 5.96. The van der Waals surface area contributed by atoms with E-state index in [2.05, 4.69) is 35.6 Å². The molecule has 2 aromatic rings. The van der Waals surface area contributed by atoms with Crippen molar-refractivity contribution in [1.82, 2.24) is 5.32 Å². The fourth-order valence-electron chi connectivity index (χ4n) is 3.78. The molecule has 0 aliphatic heterocycles. The van der Waals surface area contributed by atoms with Crippen LogP contribution in [0.2, 0.25) is 0 Å². The summed E-state index contributed by atoms with van der Waals surface area (Å²) in [5.74, 6) is 0.00476. The second kappa shape index (κ2) is 5.82. The van der Waals surface area contributed by atoms with Crippen LogP contribution >= 0.6 is 0 Å². The van der Waals surface area contributed by atoms with E-state index in [0.717, 1.165) is 37.7 Å². The van der Waals surface area contributed by atoms with Crippen LogP contribution in [0.15, 0.2) is 42.5 Å². The van der Waals surface area contributed by atoms with Crippen LogP contribution in [0.4, 0.5) is 0 Å². The van der Waals surface area contributed by atoms with Gasteiger partial charge in [0.25, 0.3) is 5.91 Å². The SMILES string of the molecule is O=C(NC1CCC(O)CC1)c1ccc2c(c1)Cc1ccccc1-2. The number of nitrogens with one attached hydrogen (secondary N) is 1. The molecule has 118 valence electrons. The van der Waals surface area contributed by atoms with E-state index in [4.69, 9.17) is 0 Å². The van der Waals surface area contributed by atoms with Crippen LogP contribution in [0.5, 0.6) is 0 Å². The summed E-state index contributed by atoms with van der Waals surface area (Å²) >= 11 is 0. The van der Waals surface area contributed by atoms with Gasteiger partial charge in [0.1, 0.15) is 0 Å². The van der Waals surface area contributed by atoms with E-state index < -0.39 is 0 Å². The Morgan fingerprint density at radius 2 is 1.70 bits per heavy atom. The molecule has 1 fully saturated rings. The van der Waals surface area contributed by atoms with E-state index in [1.165, 1.54) is 22.3 Å². The van der Waals surface area contributed by atoms with Crippen LogP contribution in [0.1, 0.15) is 47.2 Å². The topological polar surface area (TPSA) is 49.3 Å². The van der Waals surface area contributed by atoms with Crippen molar-refractivity contribution in [2.45, 2.75) is 44.2 Å². The number of amides is 1. The third-order valence-corrected chi connectivity index (χ3v) is 5.09. The minimum atomic E-state index is -0.193. The Kier molecular flexibility index (Phi) is 3.66. The second-order valence-corrected chi connectivity index (χ2v) is 6.68. The fourth-order valence-corrected chi connectivity index (χ4v) is 3.78. The van der Waals surface area contributed by atoms with Crippen molar-refractivity contribution in [3.8, 4) is 11.1 Å². The number of fused-ring (bicyclic) bond motifs is 3. The molecule has 0 unspecified atom stereocenters. The zero-order valence-electron chi connectivity index (χ0n) is 13.1. The largest absolute Gasteiger partial charge is 0.393 e. The highest BCUT2D eigenvalue weighted by Crippen LogP contribution is 2.36. The van der Waals surface area contributed by atoms with Crippen LogP contribution < -0.4 is 5.32 Å². The van der Waals surface area contributed by atoms with Crippen molar-refractivity contribution in [2.24, 2.45) is 0 Å². The van der Waals surface area contributed by atoms with E-state index in [0.29, 0.717) is 0 Å². The summed E-state index contributed by atoms with van der Waals surface area (Å²) in [5.41, 5.74) is 5.84. The molecule has 0 saturated heterocycles. The predicted octanol–water partition coefficient (Wildman–Crippen LogP) is 3.29. The van der Waals surface area contributed by atoms with Crippen LogP contribution in [0, 0.1) is 0 Å². The summed E-state index contributed by atoms with van der Waals surface area (Å²) in [6.07, 6.45) is 4.01. The number of carbonyl (C=O) groups excluding carboxylic acids is 1. The summed E-state index contributed by atoms with van der Waals surface area (Å²) in [7, 11) is 0. The van der Waals surface area contributed by atoms with Crippen molar-refractivity contribution < 1.29 is 9.90 Å². The number of aliphatic hydroxyl groups is 1. The van der Waals surface area contributed by atoms with Gasteiger partial charge >= 0.3 is 0 Å². The monoisotopic (exact) mass is 307 g/mol. The average molecular weight is 307 g/mol. The van der Waals surface area contributed by atoms with Gasteiger partial charge in [0.05, 0.1) is 6.10 Å². The van der Waals surface area contributed by atoms with Crippen molar-refractivity contribution in [1.29, 1.82) is 0 Å². The van der Waals surface area contributed by atoms with Gasteiger partial charge < -0.3 is 10.4 Å². The molecular formula is C20H21NO2. The molecule has 2 aliphatic rings. The minimum absolute atomic E-state index is 0.00476. The van der Waals surface area contributed by atoms with Gasteiger partial charge in [0, 0.05) is 11.6 Å². The fraction of sp³-hybridized carbons (Fsp3) is 0.350. The first-order valence-electron chi connectivity index (χ1n) is 8.41. The second-order valence-electron chi connectivity index (χ2n) is 6.68. The quantitative estimate of drug-likeness (QED) is 0.763. The van der Waals surface area contributed by atoms with Gasteiger partial charge in [-0.2, -0.15) is 0 Å². The number of hydrogen-bond donors (Lipinski definition) is 2. The zero-order valence-corrected chi connectivity index (χ0v) is 13.1. The molecule has 0 bridgehead atoms. The maximum Gasteiger partial charge on any atom is 0.251 e. The average Bonchev–Trinajstić information content (AvgIpc) is 2.94. The normalized spacial score (nSPS) is 22.3. The Bertz CT molecular complexity index is 745. The maximum atomic E-state index is 12.5. The van der Waals surface area contributed by atoms with Gasteiger partial charge in [-0.3, -0.25) is 4.79 Å². The Hall–Kier alpha value is -2.13. The highest BCUT2D eigenvalue weighted by Gasteiger charge is 2.23. The van der Waals surface area contributed by atoms with E-state index in [-0.39, 0.29) is 18.1 Å². The third-order valence-electron chi connectivity index (χ3n) is 5.09. The van der Waals surface area contributed by atoms with Gasteiger partial charge in [-0.1, -0.05) is 30.3 Å². The molecule has 23 heavy (non-hydrogen) atoms. The molecule has 2 aliphatic carbocycles. The maximum absolute atomic E-state index is 12.5. The Balaban J connectivity index is 1.51. The zero-order chi connectivity index (χ0) is 15.8. The molecule has 0 radical (unpaired) electrons. The van der Waals surface area contributed by atoms with Gasteiger partial charge in [-0.25, -0.2) is 0 Å². The molecular weight excluding hydrogens is 286 g/mol. The molecule has 0 aromatic heterocycles. The van der Waals surface area contributed by atoms with Gasteiger partial charge in [0.2, 0.25) is 0 Å². The molecule has 0 atom stereocenters. The van der Waals surface area contributed by atoms with Gasteiger partial charge in [0.15, 0.2) is 0 Å². The number of aliphatic hydroxyl groups excluding tert-OH is 1. The van der Waals surface area contributed by atoms with Crippen LogP contribution in [0.25, 0.3) is 11.1 Å². The van der Waals surface area contributed by atoms with E-state index in [1.807, 2.05) is 12.1 Å².